The van der Waals surface area contributed by atoms with Crippen molar-refractivity contribution >= 4 is 11.9 Å². The first kappa shape index (κ1) is 37.7. The molecule has 15 heteroatoms. The Kier molecular flexibility index (Phi) is 17.3. The molecule has 0 bridgehead atoms. The highest BCUT2D eigenvalue weighted by Crippen LogP contribution is 2.26. The summed E-state index contributed by atoms with van der Waals surface area (Å²) in [6.45, 7) is 2.16. The van der Waals surface area contributed by atoms with Crippen molar-refractivity contribution in [1.29, 1.82) is 0 Å². The molecular formula is C28H50O15. The maximum atomic E-state index is 12.4. The van der Waals surface area contributed by atoms with E-state index >= 15 is 0 Å². The lowest BCUT2D eigenvalue weighted by atomic mass is 9.98. The molecule has 2 heterocycles. The zero-order valence-corrected chi connectivity index (χ0v) is 24.9. The summed E-state index contributed by atoms with van der Waals surface area (Å²) in [6, 6.07) is 0. The minimum absolute atomic E-state index is 0.159. The molecule has 2 aliphatic heterocycles. The molecule has 15 nitrogen and oxygen atoms in total. The van der Waals surface area contributed by atoms with Gasteiger partial charge in [0.05, 0.1) is 19.8 Å². The highest BCUT2D eigenvalue weighted by molar-refractivity contribution is 5.70. The van der Waals surface area contributed by atoms with Crippen LogP contribution in [0.3, 0.4) is 0 Å². The molecule has 2 saturated heterocycles. The third-order valence-corrected chi connectivity index (χ3v) is 7.34. The van der Waals surface area contributed by atoms with Gasteiger partial charge in [0.15, 0.2) is 18.7 Å². The van der Waals surface area contributed by atoms with Gasteiger partial charge in [-0.15, -0.1) is 0 Å². The first-order valence-electron chi connectivity index (χ1n) is 15.1. The van der Waals surface area contributed by atoms with Crippen LogP contribution in [0.25, 0.3) is 0 Å². The first-order chi connectivity index (χ1) is 20.5. The summed E-state index contributed by atoms with van der Waals surface area (Å²) in [5, 5.41) is 70.7. The van der Waals surface area contributed by atoms with Crippen molar-refractivity contribution in [2.24, 2.45) is 0 Å². The SMILES string of the molecule is CCCCCCC(=O)OC(COC(=O)CCCCC)COC1OC(COC2OC(CO)C(O)C(O)C2O)C(O)C(O)C1O. The van der Waals surface area contributed by atoms with Crippen molar-refractivity contribution in [1.82, 2.24) is 0 Å². The molecule has 0 aliphatic carbocycles. The third-order valence-electron chi connectivity index (χ3n) is 7.34. The van der Waals surface area contributed by atoms with E-state index in [1.807, 2.05) is 13.8 Å². The van der Waals surface area contributed by atoms with E-state index in [0.29, 0.717) is 12.8 Å². The molecule has 43 heavy (non-hydrogen) atoms. The summed E-state index contributed by atoms with van der Waals surface area (Å²) in [5.41, 5.74) is 0. The lowest BCUT2D eigenvalue weighted by Gasteiger charge is -2.42. The van der Waals surface area contributed by atoms with E-state index in [1.165, 1.54) is 0 Å². The lowest BCUT2D eigenvalue weighted by molar-refractivity contribution is -0.332. The number of aliphatic hydroxyl groups excluding tert-OH is 7. The number of rotatable bonds is 19. The van der Waals surface area contributed by atoms with E-state index in [1.54, 1.807) is 0 Å². The maximum absolute atomic E-state index is 12.4. The summed E-state index contributed by atoms with van der Waals surface area (Å²) >= 11 is 0. The molecule has 0 aromatic heterocycles. The second-order valence-corrected chi connectivity index (χ2v) is 10.9. The Hall–Kier alpha value is -1.50. The summed E-state index contributed by atoms with van der Waals surface area (Å²) in [7, 11) is 0. The fourth-order valence-electron chi connectivity index (χ4n) is 4.62. The van der Waals surface area contributed by atoms with Gasteiger partial charge in [-0.1, -0.05) is 46.0 Å². The van der Waals surface area contributed by atoms with Crippen LogP contribution in [0.2, 0.25) is 0 Å². The van der Waals surface area contributed by atoms with Gasteiger partial charge in [0, 0.05) is 12.8 Å². The zero-order valence-electron chi connectivity index (χ0n) is 24.9. The number of ether oxygens (including phenoxy) is 6. The van der Waals surface area contributed by atoms with Crippen LogP contribution in [0.4, 0.5) is 0 Å². The molecule has 252 valence electrons. The van der Waals surface area contributed by atoms with E-state index in [2.05, 4.69) is 0 Å². The Morgan fingerprint density at radius 2 is 1.19 bits per heavy atom. The number of carbonyl (C=O) groups excluding carboxylic acids is 2. The van der Waals surface area contributed by atoms with E-state index in [9.17, 15) is 45.3 Å². The van der Waals surface area contributed by atoms with Crippen molar-refractivity contribution in [2.75, 3.05) is 26.4 Å². The smallest absolute Gasteiger partial charge is 0.306 e. The first-order valence-corrected chi connectivity index (χ1v) is 15.1. The molecule has 0 aromatic rings. The molecular weight excluding hydrogens is 576 g/mol. The Bertz CT molecular complexity index is 798. The zero-order chi connectivity index (χ0) is 31.9. The molecule has 2 rings (SSSR count). The molecule has 2 fully saturated rings. The number of hydrogen-bond donors (Lipinski definition) is 7. The number of hydrogen-bond acceptors (Lipinski definition) is 15. The van der Waals surface area contributed by atoms with Crippen LogP contribution < -0.4 is 0 Å². The molecule has 2 aliphatic rings. The summed E-state index contributed by atoms with van der Waals surface area (Å²) < 4.78 is 32.6. The lowest BCUT2D eigenvalue weighted by Crippen LogP contribution is -2.61. The van der Waals surface area contributed by atoms with Crippen LogP contribution in [0.1, 0.15) is 71.6 Å². The van der Waals surface area contributed by atoms with Gasteiger partial charge in [-0.3, -0.25) is 9.59 Å². The molecule has 0 radical (unpaired) electrons. The van der Waals surface area contributed by atoms with Gasteiger partial charge in [-0.2, -0.15) is 0 Å². The van der Waals surface area contributed by atoms with Gasteiger partial charge in [-0.05, 0) is 12.8 Å². The predicted molar refractivity (Wildman–Crippen MR) is 146 cm³/mol. The van der Waals surface area contributed by atoms with Gasteiger partial charge < -0.3 is 64.2 Å². The Balaban J connectivity index is 1.98. The van der Waals surface area contributed by atoms with Crippen LogP contribution in [0, 0.1) is 0 Å². The maximum Gasteiger partial charge on any atom is 0.306 e. The van der Waals surface area contributed by atoms with Crippen LogP contribution in [-0.2, 0) is 38.0 Å². The van der Waals surface area contributed by atoms with Gasteiger partial charge in [0.25, 0.3) is 0 Å². The average molecular weight is 627 g/mol. The number of esters is 2. The fourth-order valence-corrected chi connectivity index (χ4v) is 4.62. The van der Waals surface area contributed by atoms with E-state index < -0.39 is 92.7 Å². The third kappa shape index (κ3) is 12.1. The fraction of sp³-hybridized carbons (Fsp3) is 0.929. The summed E-state index contributed by atoms with van der Waals surface area (Å²) in [6.07, 6.45) is -10.5. The second-order valence-electron chi connectivity index (χ2n) is 10.9. The van der Waals surface area contributed by atoms with E-state index in [4.69, 9.17) is 28.4 Å². The van der Waals surface area contributed by atoms with Crippen LogP contribution in [0.5, 0.6) is 0 Å². The Labute approximate surface area is 251 Å². The van der Waals surface area contributed by atoms with E-state index in [-0.39, 0.29) is 26.1 Å². The molecule has 7 N–H and O–H groups in total. The van der Waals surface area contributed by atoms with Crippen LogP contribution in [0.15, 0.2) is 0 Å². The molecule has 0 saturated carbocycles. The van der Waals surface area contributed by atoms with Gasteiger partial charge in [-0.25, -0.2) is 0 Å². The number of aliphatic hydroxyl groups is 7. The van der Waals surface area contributed by atoms with Gasteiger partial charge in [0.2, 0.25) is 0 Å². The van der Waals surface area contributed by atoms with Crippen molar-refractivity contribution in [2.45, 2.75) is 139 Å². The highest BCUT2D eigenvalue weighted by Gasteiger charge is 2.47. The highest BCUT2D eigenvalue weighted by atomic mass is 16.7. The van der Waals surface area contributed by atoms with Crippen molar-refractivity contribution < 1.29 is 73.8 Å². The predicted octanol–water partition coefficient (Wildman–Crippen LogP) is -1.37. The van der Waals surface area contributed by atoms with Crippen LogP contribution in [-0.4, -0.2) is 142 Å². The van der Waals surface area contributed by atoms with Crippen LogP contribution >= 0.6 is 0 Å². The monoisotopic (exact) mass is 626 g/mol. The second kappa shape index (κ2) is 19.8. The average Bonchev–Trinajstić information content (AvgIpc) is 2.99. The molecule has 11 unspecified atom stereocenters. The summed E-state index contributed by atoms with van der Waals surface area (Å²) in [5.74, 6) is -0.978. The topological polar surface area (TPSA) is 231 Å². The van der Waals surface area contributed by atoms with E-state index in [0.717, 1.165) is 32.1 Å². The minimum Gasteiger partial charge on any atom is -0.462 e. The number of carbonyl (C=O) groups is 2. The molecule has 0 spiro atoms. The normalized spacial score (nSPS) is 33.6. The van der Waals surface area contributed by atoms with Gasteiger partial charge in [0.1, 0.15) is 55.4 Å². The largest absolute Gasteiger partial charge is 0.462 e. The number of unbranched alkanes of at least 4 members (excludes halogenated alkanes) is 5. The Morgan fingerprint density at radius 1 is 0.651 bits per heavy atom. The van der Waals surface area contributed by atoms with Crippen molar-refractivity contribution in [3.05, 3.63) is 0 Å². The molecule has 0 amide bonds. The van der Waals surface area contributed by atoms with Gasteiger partial charge >= 0.3 is 11.9 Å². The van der Waals surface area contributed by atoms with Crippen molar-refractivity contribution in [3.63, 3.8) is 0 Å². The standard InChI is InChI=1S/C28H50O15/c1-3-5-7-9-11-20(31)41-16(13-38-19(30)10-8-6-4-2)14-39-27-26(37)24(35)22(33)18(43-27)15-40-28-25(36)23(34)21(32)17(12-29)42-28/h16-18,21-29,32-37H,3-15H2,1-2H3. The summed E-state index contributed by atoms with van der Waals surface area (Å²) in [4.78, 5) is 24.5. The molecule has 11 atom stereocenters. The molecule has 0 aromatic carbocycles. The minimum atomic E-state index is -1.75. The quantitative estimate of drug-likeness (QED) is 0.0648. The van der Waals surface area contributed by atoms with Crippen molar-refractivity contribution in [3.8, 4) is 0 Å². The Morgan fingerprint density at radius 3 is 1.81 bits per heavy atom.